The van der Waals surface area contributed by atoms with E-state index in [1.807, 2.05) is 0 Å². The van der Waals surface area contributed by atoms with Crippen molar-refractivity contribution >= 4 is 11.8 Å². The van der Waals surface area contributed by atoms with Gasteiger partial charge in [0.1, 0.15) is 0 Å². The first-order valence-corrected chi connectivity index (χ1v) is 3.02. The normalized spacial score (nSPS) is 8.55. The highest BCUT2D eigenvalue weighted by molar-refractivity contribution is 5.96. The fraction of sp³-hybridized carbons (Fsp3) is 0.250. The van der Waals surface area contributed by atoms with Gasteiger partial charge in [0.15, 0.2) is 11.5 Å². The zero-order valence-electron chi connectivity index (χ0n) is 6.64. The number of hydrogen-bond donors (Lipinski definition) is 0. The topological polar surface area (TPSA) is 43.4 Å². The molecule has 0 saturated carbocycles. The van der Waals surface area contributed by atoms with Crippen LogP contribution in [0.15, 0.2) is 24.5 Å². The molecule has 0 aliphatic carbocycles. The number of ketones is 1. The molecule has 0 fully saturated rings. The van der Waals surface area contributed by atoms with E-state index in [9.17, 15) is 9.59 Å². The first-order chi connectivity index (χ1) is 4.95. The van der Waals surface area contributed by atoms with Crippen molar-refractivity contribution < 1.29 is 14.3 Å². The predicted molar refractivity (Wildman–Crippen MR) is 40.7 cm³/mol. The highest BCUT2D eigenvalue weighted by Gasteiger charge is 2.08. The fourth-order valence-corrected chi connectivity index (χ4v) is 0.271. The summed E-state index contributed by atoms with van der Waals surface area (Å²) in [6, 6.07) is 0. The molecule has 0 atom stereocenters. The van der Waals surface area contributed by atoms with Crippen LogP contribution in [0.2, 0.25) is 0 Å². The van der Waals surface area contributed by atoms with Crippen LogP contribution in [-0.2, 0) is 14.3 Å². The second-order valence-corrected chi connectivity index (χ2v) is 2.15. The van der Waals surface area contributed by atoms with Crippen molar-refractivity contribution in [3.63, 3.8) is 0 Å². The quantitative estimate of drug-likeness (QED) is 0.348. The monoisotopic (exact) mass is 154 g/mol. The molecule has 0 aliphatic rings. The molecular formula is C8H10O3. The molecule has 60 valence electrons. The number of Topliss-reactive ketones (excluding diaryl/α,β-unsaturated/α-hetero) is 1. The van der Waals surface area contributed by atoms with Crippen molar-refractivity contribution in [2.75, 3.05) is 0 Å². The van der Waals surface area contributed by atoms with Crippen LogP contribution in [-0.4, -0.2) is 11.8 Å². The van der Waals surface area contributed by atoms with E-state index in [1.165, 1.54) is 13.8 Å². The molecule has 3 nitrogen and oxygen atoms in total. The minimum atomic E-state index is -0.620. The molecule has 0 aliphatic heterocycles. The summed E-state index contributed by atoms with van der Waals surface area (Å²) >= 11 is 0. The Morgan fingerprint density at radius 3 is 1.91 bits per heavy atom. The first-order valence-electron chi connectivity index (χ1n) is 3.02. The summed E-state index contributed by atoms with van der Waals surface area (Å²) in [4.78, 5) is 21.2. The molecule has 0 aromatic carbocycles. The molecule has 0 heterocycles. The average Bonchev–Trinajstić information content (AvgIpc) is 1.87. The minimum absolute atomic E-state index is 0.155. The number of allylic oxidation sites excluding steroid dienone is 1. The number of hydrogen-bond acceptors (Lipinski definition) is 3. The summed E-state index contributed by atoms with van der Waals surface area (Å²) in [7, 11) is 0. The summed E-state index contributed by atoms with van der Waals surface area (Å²) in [5.41, 5.74) is 0.243. The minimum Gasteiger partial charge on any atom is -0.420 e. The van der Waals surface area contributed by atoms with Gasteiger partial charge in [-0.15, -0.1) is 0 Å². The average molecular weight is 154 g/mol. The van der Waals surface area contributed by atoms with Crippen molar-refractivity contribution in [1.29, 1.82) is 0 Å². The molecule has 0 radical (unpaired) electrons. The molecular weight excluding hydrogens is 144 g/mol. The standard InChI is InChI=1S/C8H10O3/c1-5(2)8(10)11-7(4)6(3)9/h1,4H2,2-3H3. The van der Waals surface area contributed by atoms with Gasteiger partial charge >= 0.3 is 5.97 Å². The third kappa shape index (κ3) is 3.35. The fourth-order valence-electron chi connectivity index (χ4n) is 0.271. The molecule has 3 heteroatoms. The molecule has 0 spiro atoms. The summed E-state index contributed by atoms with van der Waals surface area (Å²) in [6.45, 7) is 9.35. The first kappa shape index (κ1) is 9.62. The van der Waals surface area contributed by atoms with Crippen molar-refractivity contribution in [3.8, 4) is 0 Å². The van der Waals surface area contributed by atoms with E-state index in [0.717, 1.165) is 0 Å². The predicted octanol–water partition coefficient (Wildman–Crippen LogP) is 1.21. The Kier molecular flexibility index (Phi) is 3.24. The van der Waals surface area contributed by atoms with Gasteiger partial charge in [0.2, 0.25) is 0 Å². The third-order valence-electron chi connectivity index (χ3n) is 0.957. The molecule has 0 aromatic heterocycles. The molecule has 0 N–H and O–H groups in total. The van der Waals surface area contributed by atoms with Gasteiger partial charge in [-0.3, -0.25) is 4.79 Å². The summed E-state index contributed by atoms with van der Waals surface area (Å²) in [6.07, 6.45) is 0. The maximum atomic E-state index is 10.7. The maximum Gasteiger partial charge on any atom is 0.338 e. The van der Waals surface area contributed by atoms with E-state index < -0.39 is 5.97 Å². The summed E-state index contributed by atoms with van der Waals surface area (Å²) in [5.74, 6) is -1.14. The zero-order valence-corrected chi connectivity index (χ0v) is 6.64. The van der Waals surface area contributed by atoms with E-state index in [1.54, 1.807) is 0 Å². The number of esters is 1. The van der Waals surface area contributed by atoms with Crippen LogP contribution in [0.4, 0.5) is 0 Å². The lowest BCUT2D eigenvalue weighted by atomic mass is 10.3. The highest BCUT2D eigenvalue weighted by atomic mass is 16.5. The zero-order chi connectivity index (χ0) is 9.02. The van der Waals surface area contributed by atoms with Crippen LogP contribution in [0.1, 0.15) is 13.8 Å². The Balaban J connectivity index is 4.07. The van der Waals surface area contributed by atoms with Gasteiger partial charge in [-0.2, -0.15) is 0 Å². The Morgan fingerprint density at radius 1 is 1.18 bits per heavy atom. The van der Waals surface area contributed by atoms with Crippen LogP contribution >= 0.6 is 0 Å². The molecule has 0 bridgehead atoms. The lowest BCUT2D eigenvalue weighted by molar-refractivity contribution is -0.138. The highest BCUT2D eigenvalue weighted by Crippen LogP contribution is 2.00. The molecule has 0 saturated heterocycles. The number of rotatable bonds is 3. The van der Waals surface area contributed by atoms with Crippen LogP contribution in [0.3, 0.4) is 0 Å². The largest absolute Gasteiger partial charge is 0.420 e. The van der Waals surface area contributed by atoms with Gasteiger partial charge in [-0.05, 0) is 6.92 Å². The van der Waals surface area contributed by atoms with Crippen molar-refractivity contribution in [1.82, 2.24) is 0 Å². The van der Waals surface area contributed by atoms with Crippen molar-refractivity contribution in [2.24, 2.45) is 0 Å². The van der Waals surface area contributed by atoms with E-state index in [-0.39, 0.29) is 17.1 Å². The molecule has 11 heavy (non-hydrogen) atoms. The van der Waals surface area contributed by atoms with Crippen LogP contribution in [0.5, 0.6) is 0 Å². The van der Waals surface area contributed by atoms with Gasteiger partial charge in [-0.25, -0.2) is 4.79 Å². The van der Waals surface area contributed by atoms with Gasteiger partial charge in [0.05, 0.1) is 0 Å². The Labute approximate surface area is 65.4 Å². The third-order valence-corrected chi connectivity index (χ3v) is 0.957. The Hall–Kier alpha value is -1.38. The lowest BCUT2D eigenvalue weighted by Gasteiger charge is -2.01. The van der Waals surface area contributed by atoms with Gasteiger partial charge < -0.3 is 4.74 Å². The molecule has 0 aromatic rings. The SMILES string of the molecule is C=C(C)C(=O)OC(=C)C(C)=O. The van der Waals surface area contributed by atoms with E-state index in [4.69, 9.17) is 0 Å². The maximum absolute atomic E-state index is 10.7. The lowest BCUT2D eigenvalue weighted by Crippen LogP contribution is -2.08. The van der Waals surface area contributed by atoms with Crippen LogP contribution < -0.4 is 0 Å². The summed E-state index contributed by atoms with van der Waals surface area (Å²) in [5, 5.41) is 0. The second kappa shape index (κ2) is 3.71. The van der Waals surface area contributed by atoms with E-state index in [0.29, 0.717) is 0 Å². The van der Waals surface area contributed by atoms with Gasteiger partial charge in [0, 0.05) is 12.5 Å². The second-order valence-electron chi connectivity index (χ2n) is 2.15. The molecule has 0 amide bonds. The Bertz CT molecular complexity index is 201. The number of ether oxygens (including phenoxy) is 1. The smallest absolute Gasteiger partial charge is 0.338 e. The van der Waals surface area contributed by atoms with Crippen LogP contribution in [0, 0.1) is 0 Å². The molecule has 0 rings (SSSR count). The van der Waals surface area contributed by atoms with Crippen molar-refractivity contribution in [2.45, 2.75) is 13.8 Å². The van der Waals surface area contributed by atoms with Crippen LogP contribution in [0.25, 0.3) is 0 Å². The van der Waals surface area contributed by atoms with Gasteiger partial charge in [-0.1, -0.05) is 13.2 Å². The van der Waals surface area contributed by atoms with E-state index in [2.05, 4.69) is 17.9 Å². The molecule has 0 unspecified atom stereocenters. The Morgan fingerprint density at radius 2 is 1.64 bits per heavy atom. The van der Waals surface area contributed by atoms with E-state index >= 15 is 0 Å². The number of carbonyl (C=O) groups excluding carboxylic acids is 2. The van der Waals surface area contributed by atoms with Gasteiger partial charge in [0.25, 0.3) is 0 Å². The summed E-state index contributed by atoms with van der Waals surface area (Å²) < 4.78 is 4.49. The van der Waals surface area contributed by atoms with Crippen molar-refractivity contribution in [3.05, 3.63) is 24.5 Å². The number of carbonyl (C=O) groups is 2.